The maximum absolute atomic E-state index is 5.24. The Kier molecular flexibility index (Phi) is 2.31. The Morgan fingerprint density at radius 3 is 2.47 bits per heavy atom. The number of likely N-dealkylation sites (tertiary alicyclic amines) is 1. The second-order valence-corrected chi connectivity index (χ2v) is 6.12. The zero-order valence-electron chi connectivity index (χ0n) is 9.29. The van der Waals surface area contributed by atoms with Crippen molar-refractivity contribution in [2.24, 2.45) is 0 Å². The number of hydrogen-bond donors (Lipinski definition) is 0. The zero-order chi connectivity index (χ0) is 11.4. The van der Waals surface area contributed by atoms with Crippen LogP contribution in [-0.2, 0) is 4.74 Å². The van der Waals surface area contributed by atoms with Crippen LogP contribution in [0, 0.1) is 3.57 Å². The van der Waals surface area contributed by atoms with E-state index in [9.17, 15) is 0 Å². The molecule has 3 fully saturated rings. The Balaban J connectivity index is 1.42. The molecule has 3 aliphatic heterocycles. The topological polar surface area (TPSA) is 41.5 Å². The molecule has 0 bridgehead atoms. The summed E-state index contributed by atoms with van der Waals surface area (Å²) >= 11 is 2.23. The van der Waals surface area contributed by atoms with Crippen LogP contribution < -0.4 is 4.90 Å². The van der Waals surface area contributed by atoms with E-state index in [-0.39, 0.29) is 0 Å². The quantitative estimate of drug-likeness (QED) is 0.725. The largest absolute Gasteiger partial charge is 0.378 e. The van der Waals surface area contributed by atoms with Gasteiger partial charge in [0, 0.05) is 35.1 Å². The van der Waals surface area contributed by atoms with E-state index < -0.39 is 0 Å². The molecule has 0 saturated carbocycles. The third-order valence-corrected chi connectivity index (χ3v) is 4.56. The van der Waals surface area contributed by atoms with Crippen molar-refractivity contribution in [1.29, 1.82) is 0 Å². The highest BCUT2D eigenvalue weighted by molar-refractivity contribution is 14.1. The smallest absolute Gasteiger partial charge is 0.225 e. The standard InChI is InChI=1S/C11H13IN4O/c12-7-1-13-11(14-2-7)16-4-9-10(16)3-15(9)8-5-17-6-8/h1-2,8-10H,3-6H2/t9?,10-/m0/s1. The Morgan fingerprint density at radius 1 is 1.18 bits per heavy atom. The number of halogens is 1. The van der Waals surface area contributed by atoms with E-state index in [1.807, 2.05) is 12.4 Å². The summed E-state index contributed by atoms with van der Waals surface area (Å²) in [5, 5.41) is 0. The second kappa shape index (κ2) is 3.76. The summed E-state index contributed by atoms with van der Waals surface area (Å²) in [7, 11) is 0. The van der Waals surface area contributed by atoms with E-state index in [4.69, 9.17) is 4.74 Å². The number of piperazine rings is 1. The van der Waals surface area contributed by atoms with E-state index >= 15 is 0 Å². The summed E-state index contributed by atoms with van der Waals surface area (Å²) in [6.45, 7) is 4.06. The molecule has 0 N–H and O–H groups in total. The van der Waals surface area contributed by atoms with Crippen molar-refractivity contribution < 1.29 is 4.74 Å². The second-order valence-electron chi connectivity index (χ2n) is 4.88. The highest BCUT2D eigenvalue weighted by Gasteiger charge is 2.55. The van der Waals surface area contributed by atoms with E-state index in [1.165, 1.54) is 0 Å². The number of nitrogens with zero attached hydrogens (tertiary/aromatic N) is 4. The van der Waals surface area contributed by atoms with Crippen molar-refractivity contribution >= 4 is 28.5 Å². The molecule has 3 saturated heterocycles. The van der Waals surface area contributed by atoms with Gasteiger partial charge in [0.05, 0.1) is 25.3 Å². The van der Waals surface area contributed by atoms with Crippen molar-refractivity contribution in [2.75, 3.05) is 31.2 Å². The summed E-state index contributed by atoms with van der Waals surface area (Å²) in [4.78, 5) is 13.7. The molecule has 1 aromatic heterocycles. The Morgan fingerprint density at radius 2 is 1.94 bits per heavy atom. The average Bonchev–Trinajstić information content (AvgIpc) is 2.24. The van der Waals surface area contributed by atoms with Gasteiger partial charge >= 0.3 is 0 Å². The normalized spacial score (nSPS) is 32.4. The molecule has 6 heteroatoms. The van der Waals surface area contributed by atoms with Gasteiger partial charge in [-0.2, -0.15) is 0 Å². The van der Waals surface area contributed by atoms with E-state index in [2.05, 4.69) is 42.4 Å². The van der Waals surface area contributed by atoms with Gasteiger partial charge in [-0.05, 0) is 22.6 Å². The summed E-state index contributed by atoms with van der Waals surface area (Å²) in [6.07, 6.45) is 3.76. The van der Waals surface area contributed by atoms with Gasteiger partial charge in [-0.25, -0.2) is 9.97 Å². The van der Waals surface area contributed by atoms with Crippen LogP contribution >= 0.6 is 22.6 Å². The molecule has 1 aromatic rings. The number of rotatable bonds is 2. The molecule has 3 aliphatic rings. The molecular weight excluding hydrogens is 331 g/mol. The highest BCUT2D eigenvalue weighted by atomic mass is 127. The molecule has 17 heavy (non-hydrogen) atoms. The predicted octanol–water partition coefficient (Wildman–Crippen LogP) is 0.353. The van der Waals surface area contributed by atoms with E-state index in [1.54, 1.807) is 0 Å². The first-order valence-electron chi connectivity index (χ1n) is 5.90. The average molecular weight is 344 g/mol. The van der Waals surface area contributed by atoms with Crippen molar-refractivity contribution in [3.05, 3.63) is 16.0 Å². The molecule has 90 valence electrons. The van der Waals surface area contributed by atoms with Crippen molar-refractivity contribution in [3.8, 4) is 0 Å². The minimum Gasteiger partial charge on any atom is -0.378 e. The SMILES string of the molecule is Ic1cnc(N2CC3[C@@H]2CN3C2COC2)nc1. The lowest BCUT2D eigenvalue weighted by molar-refractivity contribution is -0.132. The lowest BCUT2D eigenvalue weighted by Gasteiger charge is -2.64. The van der Waals surface area contributed by atoms with Crippen LogP contribution in [0.15, 0.2) is 12.4 Å². The molecule has 0 aromatic carbocycles. The van der Waals surface area contributed by atoms with Crippen LogP contribution in [0.4, 0.5) is 5.95 Å². The number of fused-ring (bicyclic) bond motifs is 1. The molecule has 4 heterocycles. The summed E-state index contributed by atoms with van der Waals surface area (Å²) in [6, 6.07) is 2.03. The molecule has 4 rings (SSSR count). The first-order chi connectivity index (χ1) is 8.33. The van der Waals surface area contributed by atoms with Crippen LogP contribution in [0.2, 0.25) is 0 Å². The molecule has 0 spiro atoms. The zero-order valence-corrected chi connectivity index (χ0v) is 11.4. The maximum atomic E-state index is 5.24. The van der Waals surface area contributed by atoms with E-state index in [0.29, 0.717) is 18.1 Å². The minimum absolute atomic E-state index is 0.635. The Hall–Kier alpha value is -0.470. The van der Waals surface area contributed by atoms with Gasteiger partial charge in [0.25, 0.3) is 0 Å². The third-order valence-electron chi connectivity index (χ3n) is 4.01. The highest BCUT2D eigenvalue weighted by Crippen LogP contribution is 2.38. The van der Waals surface area contributed by atoms with Crippen LogP contribution in [-0.4, -0.2) is 59.3 Å². The number of hydrogen-bond acceptors (Lipinski definition) is 5. The molecule has 5 nitrogen and oxygen atoms in total. The van der Waals surface area contributed by atoms with Crippen LogP contribution in [0.5, 0.6) is 0 Å². The molecule has 2 atom stereocenters. The molecule has 0 radical (unpaired) electrons. The Labute approximate surface area is 113 Å². The fourth-order valence-electron chi connectivity index (χ4n) is 2.81. The fourth-order valence-corrected chi connectivity index (χ4v) is 3.08. The van der Waals surface area contributed by atoms with Crippen molar-refractivity contribution in [3.63, 3.8) is 0 Å². The predicted molar refractivity (Wildman–Crippen MR) is 71.0 cm³/mol. The fraction of sp³-hybridized carbons (Fsp3) is 0.636. The van der Waals surface area contributed by atoms with Gasteiger partial charge in [-0.15, -0.1) is 0 Å². The summed E-state index contributed by atoms with van der Waals surface area (Å²) in [5.41, 5.74) is 0. The van der Waals surface area contributed by atoms with Gasteiger partial charge in [-0.1, -0.05) is 0 Å². The number of ether oxygens (including phenoxy) is 1. The van der Waals surface area contributed by atoms with Gasteiger partial charge < -0.3 is 9.64 Å². The first kappa shape index (κ1) is 10.5. The van der Waals surface area contributed by atoms with Gasteiger partial charge in [0.2, 0.25) is 5.95 Å². The van der Waals surface area contributed by atoms with Gasteiger partial charge in [0.15, 0.2) is 0 Å². The lowest BCUT2D eigenvalue weighted by atomic mass is 9.84. The van der Waals surface area contributed by atoms with Crippen LogP contribution in [0.3, 0.4) is 0 Å². The van der Waals surface area contributed by atoms with Crippen molar-refractivity contribution in [1.82, 2.24) is 14.9 Å². The van der Waals surface area contributed by atoms with Crippen LogP contribution in [0.1, 0.15) is 0 Å². The summed E-state index contributed by atoms with van der Waals surface area (Å²) in [5.74, 6) is 0.885. The van der Waals surface area contributed by atoms with Crippen molar-refractivity contribution in [2.45, 2.75) is 18.1 Å². The maximum Gasteiger partial charge on any atom is 0.225 e. The molecule has 1 unspecified atom stereocenters. The monoisotopic (exact) mass is 344 g/mol. The lowest BCUT2D eigenvalue weighted by Crippen LogP contribution is -2.82. The van der Waals surface area contributed by atoms with Gasteiger partial charge in [-0.3, -0.25) is 4.90 Å². The van der Waals surface area contributed by atoms with Gasteiger partial charge in [0.1, 0.15) is 0 Å². The Bertz CT molecular complexity index is 436. The minimum atomic E-state index is 0.635. The van der Waals surface area contributed by atoms with E-state index in [0.717, 1.165) is 35.8 Å². The molecule has 0 aliphatic carbocycles. The first-order valence-corrected chi connectivity index (χ1v) is 6.98. The molecule has 0 amide bonds. The number of aromatic nitrogens is 2. The summed E-state index contributed by atoms with van der Waals surface area (Å²) < 4.78 is 6.33. The molecular formula is C11H13IN4O. The third kappa shape index (κ3) is 1.50. The number of anilines is 1. The van der Waals surface area contributed by atoms with Crippen LogP contribution in [0.25, 0.3) is 0 Å².